The molecule has 0 aliphatic heterocycles. The summed E-state index contributed by atoms with van der Waals surface area (Å²) in [6.07, 6.45) is 1.53. The molecular formula is C10H7BrCl4O. The molecule has 1 aromatic rings. The van der Waals surface area contributed by atoms with E-state index in [1.165, 1.54) is 6.08 Å². The van der Waals surface area contributed by atoms with Crippen molar-refractivity contribution in [1.82, 2.24) is 0 Å². The first-order valence-electron chi connectivity index (χ1n) is 4.22. The average Bonchev–Trinajstić information content (AvgIpc) is 2.16. The molecule has 0 amide bonds. The second kappa shape index (κ2) is 6.97. The number of hydrogen-bond acceptors (Lipinski definition) is 1. The average molecular weight is 365 g/mol. The Morgan fingerprint density at radius 1 is 1.25 bits per heavy atom. The van der Waals surface area contributed by atoms with Crippen molar-refractivity contribution in [3.05, 3.63) is 38.3 Å². The topological polar surface area (TPSA) is 9.23 Å². The number of alkyl halides is 1. The number of hydrogen-bond donors (Lipinski definition) is 0. The highest BCUT2D eigenvalue weighted by atomic mass is 79.9. The van der Waals surface area contributed by atoms with Gasteiger partial charge in [0.25, 0.3) is 0 Å². The van der Waals surface area contributed by atoms with Gasteiger partial charge in [-0.15, -0.1) is 0 Å². The molecule has 0 bridgehead atoms. The minimum atomic E-state index is 0.161. The molecule has 0 saturated heterocycles. The second-order valence-electron chi connectivity index (χ2n) is 2.80. The Morgan fingerprint density at radius 2 is 1.81 bits per heavy atom. The number of benzene rings is 1. The lowest BCUT2D eigenvalue weighted by molar-refractivity contribution is 0.363. The Labute approximate surface area is 122 Å². The van der Waals surface area contributed by atoms with E-state index in [0.29, 0.717) is 21.1 Å². The monoisotopic (exact) mass is 362 g/mol. The maximum Gasteiger partial charge on any atom is 0.122 e. The Kier molecular flexibility index (Phi) is 6.30. The summed E-state index contributed by atoms with van der Waals surface area (Å²) in [7, 11) is 0. The van der Waals surface area contributed by atoms with E-state index in [4.69, 9.17) is 51.1 Å². The molecule has 6 heteroatoms. The maximum absolute atomic E-state index is 6.01. The quantitative estimate of drug-likeness (QED) is 0.633. The Morgan fingerprint density at radius 3 is 2.25 bits per heavy atom. The van der Waals surface area contributed by atoms with Gasteiger partial charge >= 0.3 is 0 Å². The molecule has 88 valence electrons. The van der Waals surface area contributed by atoms with Crippen molar-refractivity contribution in [3.63, 3.8) is 0 Å². The van der Waals surface area contributed by atoms with Gasteiger partial charge in [-0.3, -0.25) is 0 Å². The third kappa shape index (κ3) is 4.34. The third-order valence-electron chi connectivity index (χ3n) is 1.74. The largest absolute Gasteiger partial charge is 0.489 e. The summed E-state index contributed by atoms with van der Waals surface area (Å²) in [6.45, 7) is 0.267. The lowest BCUT2D eigenvalue weighted by Gasteiger charge is -2.08. The van der Waals surface area contributed by atoms with Crippen LogP contribution in [0.5, 0.6) is 5.75 Å². The van der Waals surface area contributed by atoms with Crippen LogP contribution in [0, 0.1) is 0 Å². The SMILES string of the molecule is ClC(Cl)=CCOc1cc(Cl)c(CBr)c(Cl)c1. The summed E-state index contributed by atoms with van der Waals surface area (Å²) < 4.78 is 5.51. The zero-order valence-corrected chi connectivity index (χ0v) is 12.6. The van der Waals surface area contributed by atoms with E-state index in [1.807, 2.05) is 0 Å². The smallest absolute Gasteiger partial charge is 0.122 e. The molecule has 0 heterocycles. The summed E-state index contributed by atoms with van der Waals surface area (Å²) in [5.74, 6) is 0.575. The third-order valence-corrected chi connectivity index (χ3v) is 3.28. The normalized spacial score (nSPS) is 10.1. The van der Waals surface area contributed by atoms with E-state index in [1.54, 1.807) is 12.1 Å². The van der Waals surface area contributed by atoms with Crippen LogP contribution in [-0.4, -0.2) is 6.61 Å². The first-order chi connectivity index (χ1) is 7.54. The number of halogens is 5. The lowest BCUT2D eigenvalue weighted by atomic mass is 10.2. The van der Waals surface area contributed by atoms with Crippen molar-refractivity contribution >= 4 is 62.3 Å². The molecule has 0 aliphatic rings. The van der Waals surface area contributed by atoms with Crippen molar-refractivity contribution in [3.8, 4) is 5.75 Å². The molecule has 0 spiro atoms. The highest BCUT2D eigenvalue weighted by Crippen LogP contribution is 2.31. The van der Waals surface area contributed by atoms with E-state index < -0.39 is 0 Å². The summed E-state index contributed by atoms with van der Waals surface area (Å²) in [5.41, 5.74) is 0.835. The number of rotatable bonds is 4. The molecule has 0 atom stereocenters. The molecule has 0 fully saturated rings. The predicted molar refractivity (Wildman–Crippen MR) is 74.4 cm³/mol. The van der Waals surface area contributed by atoms with Crippen molar-refractivity contribution < 1.29 is 4.74 Å². The molecule has 0 N–H and O–H groups in total. The van der Waals surface area contributed by atoms with Gasteiger partial charge < -0.3 is 4.74 Å². The van der Waals surface area contributed by atoms with Gasteiger partial charge in [0.15, 0.2) is 0 Å². The zero-order valence-electron chi connectivity index (χ0n) is 7.94. The second-order valence-corrected chi connectivity index (χ2v) is 5.19. The fourth-order valence-electron chi connectivity index (χ4n) is 0.992. The van der Waals surface area contributed by atoms with Crippen molar-refractivity contribution in [2.45, 2.75) is 5.33 Å². The molecule has 0 aromatic heterocycles. The van der Waals surface area contributed by atoms with E-state index >= 15 is 0 Å². The first-order valence-corrected chi connectivity index (χ1v) is 6.85. The van der Waals surface area contributed by atoms with Crippen LogP contribution in [0.15, 0.2) is 22.7 Å². The summed E-state index contributed by atoms with van der Waals surface area (Å²) in [4.78, 5) is 0. The van der Waals surface area contributed by atoms with Gasteiger partial charge in [-0.05, 0) is 18.2 Å². The molecule has 1 aromatic carbocycles. The van der Waals surface area contributed by atoms with Crippen molar-refractivity contribution in [1.29, 1.82) is 0 Å². The predicted octanol–water partition coefficient (Wildman–Crippen LogP) is 5.59. The van der Waals surface area contributed by atoms with Crippen LogP contribution in [0.4, 0.5) is 0 Å². The van der Waals surface area contributed by atoms with Gasteiger partial charge in [0.05, 0.1) is 0 Å². The van der Waals surface area contributed by atoms with Gasteiger partial charge in [-0.2, -0.15) is 0 Å². The van der Waals surface area contributed by atoms with Crippen molar-refractivity contribution in [2.24, 2.45) is 0 Å². The lowest BCUT2D eigenvalue weighted by Crippen LogP contribution is -1.94. The first kappa shape index (κ1) is 14.5. The molecule has 0 aliphatic carbocycles. The minimum Gasteiger partial charge on any atom is -0.489 e. The molecular weight excluding hydrogens is 358 g/mol. The minimum absolute atomic E-state index is 0.161. The van der Waals surface area contributed by atoms with E-state index in [0.717, 1.165) is 5.56 Å². The van der Waals surface area contributed by atoms with Gasteiger partial charge in [0.2, 0.25) is 0 Å². The highest BCUT2D eigenvalue weighted by molar-refractivity contribution is 9.08. The van der Waals surface area contributed by atoms with Crippen LogP contribution < -0.4 is 4.74 Å². The van der Waals surface area contributed by atoms with Gasteiger partial charge in [-0.1, -0.05) is 62.3 Å². The fraction of sp³-hybridized carbons (Fsp3) is 0.200. The van der Waals surface area contributed by atoms with Crippen LogP contribution in [0.3, 0.4) is 0 Å². The molecule has 0 saturated carbocycles. The molecule has 16 heavy (non-hydrogen) atoms. The molecule has 1 nitrogen and oxygen atoms in total. The van der Waals surface area contributed by atoms with Gasteiger partial charge in [0, 0.05) is 20.9 Å². The molecule has 0 radical (unpaired) electrons. The van der Waals surface area contributed by atoms with Crippen LogP contribution in [0.1, 0.15) is 5.56 Å². The van der Waals surface area contributed by atoms with Crippen LogP contribution in [0.2, 0.25) is 10.0 Å². The van der Waals surface area contributed by atoms with E-state index in [2.05, 4.69) is 15.9 Å². The summed E-state index contributed by atoms with van der Waals surface area (Å²) in [6, 6.07) is 3.39. The maximum atomic E-state index is 6.01. The zero-order chi connectivity index (χ0) is 12.1. The Hall–Kier alpha value is 0.400. The Bertz CT molecular complexity index is 379. The van der Waals surface area contributed by atoms with Gasteiger partial charge in [0.1, 0.15) is 16.8 Å². The van der Waals surface area contributed by atoms with Gasteiger partial charge in [-0.25, -0.2) is 0 Å². The molecule has 0 unspecified atom stereocenters. The van der Waals surface area contributed by atoms with E-state index in [-0.39, 0.29) is 11.1 Å². The van der Waals surface area contributed by atoms with Crippen LogP contribution in [0.25, 0.3) is 0 Å². The molecule has 1 rings (SSSR count). The van der Waals surface area contributed by atoms with Crippen molar-refractivity contribution in [2.75, 3.05) is 6.61 Å². The highest BCUT2D eigenvalue weighted by Gasteiger charge is 2.07. The summed E-state index contributed by atoms with van der Waals surface area (Å²) in [5, 5.41) is 1.71. The summed E-state index contributed by atoms with van der Waals surface area (Å²) >= 11 is 26.2. The standard InChI is InChI=1S/C10H7BrCl4O/c11-5-7-8(12)3-6(4-9(7)13)16-2-1-10(14)15/h1,3-4H,2,5H2. The Balaban J connectivity index is 2.80. The van der Waals surface area contributed by atoms with Crippen LogP contribution in [-0.2, 0) is 5.33 Å². The number of ether oxygens (including phenoxy) is 1. The van der Waals surface area contributed by atoms with E-state index in [9.17, 15) is 0 Å². The van der Waals surface area contributed by atoms with Crippen LogP contribution >= 0.6 is 62.3 Å². The fourth-order valence-corrected chi connectivity index (χ4v) is 2.65.